The fraction of sp³-hybridized carbons (Fsp3) is 1.00. The molecule has 0 fully saturated rings. The van der Waals surface area contributed by atoms with E-state index in [1.54, 1.807) is 0 Å². The van der Waals surface area contributed by atoms with Crippen molar-refractivity contribution in [1.82, 2.24) is 0 Å². The molecule has 7 heteroatoms. The quantitative estimate of drug-likeness (QED) is 0.317. The van der Waals surface area contributed by atoms with E-state index in [4.69, 9.17) is 0 Å². The molecule has 0 aromatic heterocycles. The molecule has 0 radical (unpaired) electrons. The molecule has 0 unspecified atom stereocenters. The molecule has 0 amide bonds. The van der Waals surface area contributed by atoms with Crippen molar-refractivity contribution in [2.45, 2.75) is 6.92 Å². The summed E-state index contributed by atoms with van der Waals surface area (Å²) in [6.07, 6.45) is 0. The van der Waals surface area contributed by atoms with Crippen molar-refractivity contribution in [2.75, 3.05) is 6.61 Å². The number of hydrogen-bond donors (Lipinski definition) is 0. The minimum absolute atomic E-state index is 0. The second-order valence-electron chi connectivity index (χ2n) is 0.815. The van der Waals surface area contributed by atoms with Gasteiger partial charge in [0.2, 0.25) is 10.4 Å². The summed E-state index contributed by atoms with van der Waals surface area (Å²) in [5.74, 6) is 0. The molecule has 0 aromatic carbocycles. The minimum Gasteiger partial charge on any atom is -0.726 e. The van der Waals surface area contributed by atoms with Crippen molar-refractivity contribution in [3.8, 4) is 0 Å². The van der Waals surface area contributed by atoms with Crippen LogP contribution >= 0.6 is 0 Å². The van der Waals surface area contributed by atoms with E-state index in [2.05, 4.69) is 4.18 Å². The van der Waals surface area contributed by atoms with Gasteiger partial charge in [-0.15, -0.1) is 0 Å². The molecule has 0 aromatic rings. The van der Waals surface area contributed by atoms with E-state index < -0.39 is 10.4 Å². The first kappa shape index (κ1) is 16.2. The molecule has 0 rings (SSSR count). The van der Waals surface area contributed by atoms with Gasteiger partial charge in [-0.25, -0.2) is 8.42 Å². The van der Waals surface area contributed by atoms with Crippen LogP contribution in [0.5, 0.6) is 0 Å². The van der Waals surface area contributed by atoms with Crippen molar-refractivity contribution in [1.29, 1.82) is 0 Å². The zero-order valence-electron chi connectivity index (χ0n) is 4.55. The zero-order chi connectivity index (χ0) is 5.91. The van der Waals surface area contributed by atoms with Crippen molar-refractivity contribution in [3.05, 3.63) is 0 Å². The van der Waals surface area contributed by atoms with Gasteiger partial charge in [-0.3, -0.25) is 4.18 Å². The molecule has 0 saturated carbocycles. The van der Waals surface area contributed by atoms with Gasteiger partial charge in [-0.1, -0.05) is 0 Å². The summed E-state index contributed by atoms with van der Waals surface area (Å²) in [5, 5.41) is 0. The van der Waals surface area contributed by atoms with Gasteiger partial charge >= 0.3 is 17.1 Å². The van der Waals surface area contributed by atoms with E-state index in [9.17, 15) is 13.0 Å². The van der Waals surface area contributed by atoms with Gasteiger partial charge in [0.1, 0.15) is 0 Å². The molecular formula is C2H7CuO5S. The normalized spacial score (nSPS) is 9.11. The van der Waals surface area contributed by atoms with Crippen LogP contribution in [0.2, 0.25) is 0 Å². The summed E-state index contributed by atoms with van der Waals surface area (Å²) in [5.41, 5.74) is 0. The fourth-order valence-corrected chi connectivity index (χ4v) is 0.433. The van der Waals surface area contributed by atoms with E-state index in [-0.39, 0.29) is 29.2 Å². The van der Waals surface area contributed by atoms with Crippen molar-refractivity contribution < 1.29 is 39.7 Å². The second kappa shape index (κ2) is 6.47. The van der Waals surface area contributed by atoms with Gasteiger partial charge in [0.25, 0.3) is 0 Å². The third-order valence-electron chi connectivity index (χ3n) is 0.262. The Morgan fingerprint density at radius 2 is 1.89 bits per heavy atom. The Hall–Kier alpha value is 0.349. The van der Waals surface area contributed by atoms with Crippen LogP contribution in [-0.4, -0.2) is 25.1 Å². The first-order chi connectivity index (χ1) is 3.06. The maximum atomic E-state index is 9.45. The molecule has 9 heavy (non-hydrogen) atoms. The first-order valence-electron chi connectivity index (χ1n) is 1.66. The van der Waals surface area contributed by atoms with E-state index >= 15 is 0 Å². The molecule has 0 atom stereocenters. The van der Waals surface area contributed by atoms with E-state index in [1.807, 2.05) is 0 Å². The van der Waals surface area contributed by atoms with Crippen LogP contribution in [0.3, 0.4) is 0 Å². The number of rotatable bonds is 2. The van der Waals surface area contributed by atoms with Crippen LogP contribution in [0.25, 0.3) is 0 Å². The van der Waals surface area contributed by atoms with E-state index in [0.29, 0.717) is 0 Å². The standard InChI is InChI=1S/C2H6O4S.Cu.H2O/c1-2-6-7(3,4)5;;/h2H2,1H3,(H,3,4,5);;1H2/q;+1;/p-1. The van der Waals surface area contributed by atoms with Gasteiger partial charge in [-0.05, 0) is 6.92 Å². The van der Waals surface area contributed by atoms with Gasteiger partial charge < -0.3 is 10.0 Å². The predicted molar refractivity (Wildman–Crippen MR) is 24.9 cm³/mol. The maximum Gasteiger partial charge on any atom is 1.00 e. The molecule has 0 heterocycles. The van der Waals surface area contributed by atoms with Crippen LogP contribution in [0, 0.1) is 0 Å². The van der Waals surface area contributed by atoms with Crippen LogP contribution in [0.1, 0.15) is 6.92 Å². The van der Waals surface area contributed by atoms with Crippen LogP contribution in [-0.2, 0) is 31.7 Å². The molecule has 0 bridgehead atoms. The smallest absolute Gasteiger partial charge is 0.726 e. The Bertz CT molecular complexity index is 128. The largest absolute Gasteiger partial charge is 1.00 e. The summed E-state index contributed by atoms with van der Waals surface area (Å²) in [4.78, 5) is 0. The van der Waals surface area contributed by atoms with Gasteiger partial charge in [0, 0.05) is 0 Å². The molecule has 2 N–H and O–H groups in total. The first-order valence-corrected chi connectivity index (χ1v) is 3.00. The van der Waals surface area contributed by atoms with E-state index in [0.717, 1.165) is 0 Å². The molecule has 0 saturated heterocycles. The van der Waals surface area contributed by atoms with Crippen LogP contribution in [0.15, 0.2) is 0 Å². The molecule has 0 spiro atoms. The van der Waals surface area contributed by atoms with Gasteiger partial charge in [-0.2, -0.15) is 0 Å². The SMILES string of the molecule is CCOS(=O)(=O)[O-].O.[Cu+]. The Morgan fingerprint density at radius 3 is 1.89 bits per heavy atom. The van der Waals surface area contributed by atoms with E-state index in [1.165, 1.54) is 6.92 Å². The zero-order valence-corrected chi connectivity index (χ0v) is 6.31. The number of hydrogen-bond acceptors (Lipinski definition) is 4. The Morgan fingerprint density at radius 1 is 1.56 bits per heavy atom. The summed E-state index contributed by atoms with van der Waals surface area (Å²) in [7, 11) is -4.42. The van der Waals surface area contributed by atoms with Gasteiger partial charge in [0.05, 0.1) is 6.61 Å². The average molecular weight is 207 g/mol. The van der Waals surface area contributed by atoms with Crippen molar-refractivity contribution in [2.24, 2.45) is 0 Å². The Kier molecular flexibility index (Phi) is 11.6. The Labute approximate surface area is 64.1 Å². The summed E-state index contributed by atoms with van der Waals surface area (Å²) in [6.45, 7) is 1.33. The molecule has 62 valence electrons. The fourth-order valence-electron chi connectivity index (χ4n) is 0.144. The molecular weight excluding hydrogens is 200 g/mol. The summed E-state index contributed by atoms with van der Waals surface area (Å²) >= 11 is 0. The average Bonchev–Trinajstić information content (AvgIpc) is 1.30. The monoisotopic (exact) mass is 206 g/mol. The predicted octanol–water partition coefficient (Wildman–Crippen LogP) is -1.34. The van der Waals surface area contributed by atoms with Crippen molar-refractivity contribution >= 4 is 10.4 Å². The third-order valence-corrected chi connectivity index (χ3v) is 0.787. The molecule has 0 aliphatic rings. The van der Waals surface area contributed by atoms with Crippen molar-refractivity contribution in [3.63, 3.8) is 0 Å². The minimum atomic E-state index is -4.42. The van der Waals surface area contributed by atoms with Gasteiger partial charge in [0.15, 0.2) is 0 Å². The Balaban J connectivity index is -0.000000180. The molecule has 0 aliphatic heterocycles. The summed E-state index contributed by atoms with van der Waals surface area (Å²) in [6, 6.07) is 0. The molecule has 0 aliphatic carbocycles. The summed E-state index contributed by atoms with van der Waals surface area (Å²) < 4.78 is 32.0. The third kappa shape index (κ3) is 17.8. The van der Waals surface area contributed by atoms with Crippen LogP contribution < -0.4 is 0 Å². The maximum absolute atomic E-state index is 9.45. The second-order valence-corrected chi connectivity index (χ2v) is 1.87. The topological polar surface area (TPSA) is 97.9 Å². The molecule has 5 nitrogen and oxygen atoms in total. The van der Waals surface area contributed by atoms with Crippen LogP contribution in [0.4, 0.5) is 0 Å².